The Labute approximate surface area is 167 Å². The fourth-order valence-corrected chi connectivity index (χ4v) is 4.03. The number of carbonyl (C=O) groups excluding carboxylic acids is 2. The molecule has 1 amide bonds. The summed E-state index contributed by atoms with van der Waals surface area (Å²) in [6.07, 6.45) is 2.89. The molecule has 1 aliphatic carbocycles. The fraction of sp³-hybridized carbons (Fsp3) is 0.565. The summed E-state index contributed by atoms with van der Waals surface area (Å²) in [5.74, 6) is 0.160. The van der Waals surface area contributed by atoms with Gasteiger partial charge >= 0.3 is 5.97 Å². The molecule has 152 valence electrons. The molecular weight excluding hydrogens is 354 g/mol. The van der Waals surface area contributed by atoms with E-state index in [0.717, 1.165) is 29.5 Å². The van der Waals surface area contributed by atoms with Crippen LogP contribution in [0, 0.1) is 25.2 Å². The molecule has 0 saturated heterocycles. The molecule has 5 heteroatoms. The first-order chi connectivity index (χ1) is 13.1. The third-order valence-electron chi connectivity index (χ3n) is 5.93. The molecule has 1 spiro atoms. The molecular formula is C23H31NO4. The van der Waals surface area contributed by atoms with Gasteiger partial charge in [-0.15, -0.1) is 0 Å². The predicted molar refractivity (Wildman–Crippen MR) is 108 cm³/mol. The van der Waals surface area contributed by atoms with E-state index in [2.05, 4.69) is 5.32 Å². The molecule has 0 bridgehead atoms. The summed E-state index contributed by atoms with van der Waals surface area (Å²) in [7, 11) is 0. The number of aryl methyl sites for hydroxylation is 2. The maximum atomic E-state index is 13.1. The van der Waals surface area contributed by atoms with Crippen molar-refractivity contribution in [1.82, 2.24) is 5.32 Å². The largest absolute Gasteiger partial charge is 0.427 e. The average molecular weight is 386 g/mol. The molecule has 2 aliphatic rings. The SMILES string of the molecule is Cc1ccc(C)c(C2=C(OC(=O)C(C)(C)C)[C@]3(CC[C@H](CO)CC3)NC2=O)c1. The van der Waals surface area contributed by atoms with Crippen LogP contribution in [0.5, 0.6) is 0 Å². The summed E-state index contributed by atoms with van der Waals surface area (Å²) >= 11 is 0. The van der Waals surface area contributed by atoms with Crippen LogP contribution in [0.2, 0.25) is 0 Å². The quantitative estimate of drug-likeness (QED) is 0.779. The molecule has 5 nitrogen and oxygen atoms in total. The third-order valence-corrected chi connectivity index (χ3v) is 5.93. The van der Waals surface area contributed by atoms with Crippen LogP contribution in [0.3, 0.4) is 0 Å². The summed E-state index contributed by atoms with van der Waals surface area (Å²) in [6, 6.07) is 5.98. The third kappa shape index (κ3) is 3.72. The minimum Gasteiger partial charge on any atom is -0.427 e. The first-order valence-electron chi connectivity index (χ1n) is 10.1. The van der Waals surface area contributed by atoms with E-state index in [0.29, 0.717) is 24.2 Å². The lowest BCUT2D eigenvalue weighted by molar-refractivity contribution is -0.150. The van der Waals surface area contributed by atoms with E-state index in [1.165, 1.54) is 0 Å². The van der Waals surface area contributed by atoms with Crippen LogP contribution in [-0.4, -0.2) is 29.1 Å². The first-order valence-corrected chi connectivity index (χ1v) is 10.1. The minimum atomic E-state index is -0.672. The van der Waals surface area contributed by atoms with Gasteiger partial charge in [-0.3, -0.25) is 9.59 Å². The summed E-state index contributed by atoms with van der Waals surface area (Å²) in [4.78, 5) is 25.9. The molecule has 1 aromatic carbocycles. The van der Waals surface area contributed by atoms with Gasteiger partial charge in [-0.1, -0.05) is 23.8 Å². The standard InChI is InChI=1S/C23H31NO4/c1-14-6-7-15(2)17(12-14)18-19(28-21(27)22(3,4)5)23(24-20(18)26)10-8-16(13-25)9-11-23/h6-7,12,16,25H,8-11,13H2,1-5H3,(H,24,26)/t16-,23+. The summed E-state index contributed by atoms with van der Waals surface area (Å²) in [5, 5.41) is 12.6. The number of carbonyl (C=O) groups is 2. The number of hydrogen-bond acceptors (Lipinski definition) is 4. The Bertz CT molecular complexity index is 823. The molecule has 0 atom stereocenters. The van der Waals surface area contributed by atoms with Crippen molar-refractivity contribution in [2.24, 2.45) is 11.3 Å². The smallest absolute Gasteiger partial charge is 0.316 e. The molecule has 28 heavy (non-hydrogen) atoms. The van der Waals surface area contributed by atoms with Crippen LogP contribution in [0.1, 0.15) is 63.1 Å². The molecule has 0 aromatic heterocycles. The summed E-state index contributed by atoms with van der Waals surface area (Å²) in [5.41, 5.74) is 1.97. The van der Waals surface area contributed by atoms with Gasteiger partial charge in [0.15, 0.2) is 0 Å². The van der Waals surface area contributed by atoms with Crippen molar-refractivity contribution in [3.05, 3.63) is 40.6 Å². The number of hydrogen-bond donors (Lipinski definition) is 2. The Balaban J connectivity index is 2.12. The van der Waals surface area contributed by atoms with E-state index >= 15 is 0 Å². The Hall–Kier alpha value is -2.14. The van der Waals surface area contributed by atoms with Crippen molar-refractivity contribution in [3.63, 3.8) is 0 Å². The highest BCUT2D eigenvalue weighted by molar-refractivity contribution is 6.24. The van der Waals surface area contributed by atoms with Crippen molar-refractivity contribution in [2.45, 2.75) is 65.8 Å². The van der Waals surface area contributed by atoms with Crippen LogP contribution >= 0.6 is 0 Å². The lowest BCUT2D eigenvalue weighted by atomic mass is 9.75. The van der Waals surface area contributed by atoms with Crippen molar-refractivity contribution in [1.29, 1.82) is 0 Å². The predicted octanol–water partition coefficient (Wildman–Crippen LogP) is 3.65. The van der Waals surface area contributed by atoms with Crippen molar-refractivity contribution in [2.75, 3.05) is 6.61 Å². The normalized spacial score (nSPS) is 25.2. The lowest BCUT2D eigenvalue weighted by Gasteiger charge is -2.38. The highest BCUT2D eigenvalue weighted by Gasteiger charge is 2.50. The van der Waals surface area contributed by atoms with Gasteiger partial charge in [0.05, 0.1) is 16.5 Å². The van der Waals surface area contributed by atoms with Gasteiger partial charge < -0.3 is 15.2 Å². The number of aliphatic hydroxyl groups excluding tert-OH is 1. The van der Waals surface area contributed by atoms with Crippen LogP contribution < -0.4 is 5.32 Å². The summed E-state index contributed by atoms with van der Waals surface area (Å²) in [6.45, 7) is 9.53. The number of benzene rings is 1. The number of ether oxygens (including phenoxy) is 1. The number of rotatable bonds is 3. The van der Waals surface area contributed by atoms with Crippen LogP contribution in [0.15, 0.2) is 24.0 Å². The number of amides is 1. The van der Waals surface area contributed by atoms with E-state index in [1.54, 1.807) is 0 Å². The number of nitrogens with one attached hydrogen (secondary N) is 1. The Kier molecular flexibility index (Phi) is 5.41. The maximum absolute atomic E-state index is 13.1. The number of esters is 1. The van der Waals surface area contributed by atoms with E-state index in [4.69, 9.17) is 4.74 Å². The van der Waals surface area contributed by atoms with Crippen molar-refractivity contribution in [3.8, 4) is 0 Å². The second kappa shape index (κ2) is 7.36. The zero-order valence-corrected chi connectivity index (χ0v) is 17.5. The first kappa shape index (κ1) is 20.6. The lowest BCUT2D eigenvalue weighted by Crippen LogP contribution is -2.48. The maximum Gasteiger partial charge on any atom is 0.316 e. The van der Waals surface area contributed by atoms with E-state index in [9.17, 15) is 14.7 Å². The van der Waals surface area contributed by atoms with Gasteiger partial charge in [0.25, 0.3) is 5.91 Å². The summed E-state index contributed by atoms with van der Waals surface area (Å²) < 4.78 is 5.97. The molecule has 1 fully saturated rings. The van der Waals surface area contributed by atoms with Crippen LogP contribution in [0.4, 0.5) is 0 Å². The van der Waals surface area contributed by atoms with Crippen LogP contribution in [-0.2, 0) is 14.3 Å². The fourth-order valence-electron chi connectivity index (χ4n) is 4.03. The molecule has 3 rings (SSSR count). The second-order valence-corrected chi connectivity index (χ2v) is 9.32. The van der Waals surface area contributed by atoms with E-state index in [-0.39, 0.29) is 24.4 Å². The van der Waals surface area contributed by atoms with E-state index < -0.39 is 11.0 Å². The Morgan fingerprint density at radius 2 is 1.89 bits per heavy atom. The molecule has 0 unspecified atom stereocenters. The van der Waals surface area contributed by atoms with Gasteiger partial charge in [0, 0.05) is 6.61 Å². The second-order valence-electron chi connectivity index (χ2n) is 9.32. The van der Waals surface area contributed by atoms with Gasteiger partial charge in [-0.2, -0.15) is 0 Å². The van der Waals surface area contributed by atoms with E-state index in [1.807, 2.05) is 52.8 Å². The van der Waals surface area contributed by atoms with Crippen molar-refractivity contribution < 1.29 is 19.4 Å². The monoisotopic (exact) mass is 385 g/mol. The molecule has 1 saturated carbocycles. The van der Waals surface area contributed by atoms with Gasteiger partial charge in [0.1, 0.15) is 5.76 Å². The molecule has 2 N–H and O–H groups in total. The zero-order chi connectivity index (χ0) is 20.7. The average Bonchev–Trinajstić information content (AvgIpc) is 2.88. The van der Waals surface area contributed by atoms with Crippen molar-refractivity contribution >= 4 is 17.4 Å². The van der Waals surface area contributed by atoms with Gasteiger partial charge in [0.2, 0.25) is 0 Å². The topological polar surface area (TPSA) is 75.6 Å². The van der Waals surface area contributed by atoms with Gasteiger partial charge in [-0.25, -0.2) is 0 Å². The molecule has 1 aliphatic heterocycles. The minimum absolute atomic E-state index is 0.148. The Morgan fingerprint density at radius 3 is 2.46 bits per heavy atom. The van der Waals surface area contributed by atoms with Crippen LogP contribution in [0.25, 0.3) is 5.57 Å². The number of aliphatic hydroxyl groups is 1. The molecule has 1 heterocycles. The Morgan fingerprint density at radius 1 is 1.25 bits per heavy atom. The van der Waals surface area contributed by atoms with Gasteiger partial charge in [-0.05, 0) is 77.3 Å². The highest BCUT2D eigenvalue weighted by Crippen LogP contribution is 2.45. The molecule has 0 radical (unpaired) electrons. The highest BCUT2D eigenvalue weighted by atomic mass is 16.5. The molecule has 1 aromatic rings. The zero-order valence-electron chi connectivity index (χ0n) is 17.5.